The van der Waals surface area contributed by atoms with Crippen LogP contribution >= 0.6 is 15.9 Å². The maximum Gasteiger partial charge on any atom is 0.363 e. The second kappa shape index (κ2) is 8.73. The molecule has 0 aromatic heterocycles. The Morgan fingerprint density at radius 1 is 1.16 bits per heavy atom. The summed E-state index contributed by atoms with van der Waals surface area (Å²) in [4.78, 5) is 28.3. The highest BCUT2D eigenvalue weighted by Crippen LogP contribution is 2.38. The Morgan fingerprint density at radius 3 is 2.71 bits per heavy atom. The summed E-state index contributed by atoms with van der Waals surface area (Å²) < 4.78 is 16.8. The first kappa shape index (κ1) is 20.8. The summed E-state index contributed by atoms with van der Waals surface area (Å²) in [6, 6.07) is 17.0. The number of hydrogen-bond acceptors (Lipinski definition) is 6. The van der Waals surface area contributed by atoms with Gasteiger partial charge < -0.3 is 14.2 Å². The van der Waals surface area contributed by atoms with E-state index in [1.165, 1.54) is 6.92 Å². The predicted molar refractivity (Wildman–Crippen MR) is 121 cm³/mol. The Bertz CT molecular complexity index is 1260. The van der Waals surface area contributed by atoms with Gasteiger partial charge in [-0.2, -0.15) is 0 Å². The molecule has 0 aliphatic carbocycles. The number of benzene rings is 3. The van der Waals surface area contributed by atoms with Gasteiger partial charge >= 0.3 is 11.9 Å². The summed E-state index contributed by atoms with van der Waals surface area (Å²) in [6.07, 6.45) is 1.60. The number of cyclic esters (lactones) is 1. The fourth-order valence-corrected chi connectivity index (χ4v) is 3.81. The van der Waals surface area contributed by atoms with E-state index in [-0.39, 0.29) is 17.3 Å². The third kappa shape index (κ3) is 4.36. The summed E-state index contributed by atoms with van der Waals surface area (Å²) in [6.45, 7) is 3.52. The molecule has 1 aliphatic rings. The number of fused-ring (bicyclic) bond motifs is 1. The predicted octanol–water partition coefficient (Wildman–Crippen LogP) is 5.27. The van der Waals surface area contributed by atoms with Crippen LogP contribution in [0, 0.1) is 0 Å². The lowest BCUT2D eigenvalue weighted by Gasteiger charge is -2.12. The van der Waals surface area contributed by atoms with Crippen molar-refractivity contribution in [3.05, 3.63) is 75.9 Å². The van der Waals surface area contributed by atoms with Crippen molar-refractivity contribution < 1.29 is 23.8 Å². The molecule has 0 spiro atoms. The second-order valence-corrected chi connectivity index (χ2v) is 7.57. The third-order valence-electron chi connectivity index (χ3n) is 4.52. The van der Waals surface area contributed by atoms with Crippen LogP contribution in [-0.4, -0.2) is 24.4 Å². The number of rotatable bonds is 5. The normalized spacial score (nSPS) is 14.5. The molecule has 0 amide bonds. The molecule has 0 atom stereocenters. The molecule has 0 bridgehead atoms. The number of carbonyl (C=O) groups is 2. The van der Waals surface area contributed by atoms with E-state index in [0.717, 1.165) is 16.3 Å². The van der Waals surface area contributed by atoms with Gasteiger partial charge in [-0.1, -0.05) is 36.4 Å². The Morgan fingerprint density at radius 2 is 1.94 bits per heavy atom. The minimum Gasteiger partial charge on any atom is -0.490 e. The van der Waals surface area contributed by atoms with Crippen LogP contribution in [0.4, 0.5) is 0 Å². The van der Waals surface area contributed by atoms with E-state index in [4.69, 9.17) is 14.2 Å². The number of carbonyl (C=O) groups excluding carboxylic acids is 2. The Balaban J connectivity index is 1.74. The van der Waals surface area contributed by atoms with E-state index in [9.17, 15) is 9.59 Å². The van der Waals surface area contributed by atoms with Crippen molar-refractivity contribution in [1.82, 2.24) is 0 Å². The SMILES string of the molecule is CCOc1cc(/C=C2/N=C(c3cccc4ccccc34)OC2=O)cc(Br)c1OC(C)=O. The molecular formula is C24H18BrNO5. The van der Waals surface area contributed by atoms with E-state index < -0.39 is 11.9 Å². The van der Waals surface area contributed by atoms with Gasteiger partial charge in [0.2, 0.25) is 5.90 Å². The first-order valence-electron chi connectivity index (χ1n) is 9.61. The van der Waals surface area contributed by atoms with Crippen molar-refractivity contribution >= 4 is 50.6 Å². The molecule has 31 heavy (non-hydrogen) atoms. The lowest BCUT2D eigenvalue weighted by Crippen LogP contribution is -2.06. The number of aliphatic imine (C=N–C) groups is 1. The molecule has 156 valence electrons. The molecule has 0 saturated carbocycles. The van der Waals surface area contributed by atoms with Crippen molar-refractivity contribution in [1.29, 1.82) is 0 Å². The molecule has 1 aliphatic heterocycles. The van der Waals surface area contributed by atoms with Crippen molar-refractivity contribution in [2.75, 3.05) is 6.61 Å². The van der Waals surface area contributed by atoms with Crippen LogP contribution in [0.2, 0.25) is 0 Å². The second-order valence-electron chi connectivity index (χ2n) is 6.72. The zero-order chi connectivity index (χ0) is 22.0. The van der Waals surface area contributed by atoms with Crippen molar-refractivity contribution in [2.24, 2.45) is 4.99 Å². The minimum absolute atomic E-state index is 0.164. The zero-order valence-corrected chi connectivity index (χ0v) is 18.4. The van der Waals surface area contributed by atoms with Crippen LogP contribution < -0.4 is 9.47 Å². The molecule has 0 N–H and O–H groups in total. The van der Waals surface area contributed by atoms with Crippen molar-refractivity contribution in [3.63, 3.8) is 0 Å². The van der Waals surface area contributed by atoms with Crippen LogP contribution in [-0.2, 0) is 14.3 Å². The summed E-state index contributed by atoms with van der Waals surface area (Å²) in [5, 5.41) is 1.98. The fourth-order valence-electron chi connectivity index (χ4n) is 3.27. The van der Waals surface area contributed by atoms with Gasteiger partial charge in [0.15, 0.2) is 17.2 Å². The van der Waals surface area contributed by atoms with Crippen molar-refractivity contribution in [2.45, 2.75) is 13.8 Å². The Labute approximate surface area is 187 Å². The molecule has 3 aromatic rings. The molecule has 0 saturated heterocycles. The topological polar surface area (TPSA) is 74.2 Å². The molecule has 0 radical (unpaired) electrons. The fraction of sp³-hybridized carbons (Fsp3) is 0.125. The molecule has 0 unspecified atom stereocenters. The van der Waals surface area contributed by atoms with Gasteiger partial charge in [-0.3, -0.25) is 4.79 Å². The molecule has 4 rings (SSSR count). The lowest BCUT2D eigenvalue weighted by molar-refractivity contribution is -0.132. The van der Waals surface area contributed by atoms with Crippen LogP contribution in [0.15, 0.2) is 69.8 Å². The third-order valence-corrected chi connectivity index (χ3v) is 5.11. The molecule has 1 heterocycles. The smallest absolute Gasteiger partial charge is 0.363 e. The quantitative estimate of drug-likeness (QED) is 0.283. The highest BCUT2D eigenvalue weighted by atomic mass is 79.9. The van der Waals surface area contributed by atoms with Crippen LogP contribution in [0.5, 0.6) is 11.5 Å². The molecule has 6 nitrogen and oxygen atoms in total. The largest absolute Gasteiger partial charge is 0.490 e. The van der Waals surface area contributed by atoms with Gasteiger partial charge in [-0.15, -0.1) is 0 Å². The van der Waals surface area contributed by atoms with Gasteiger partial charge in [0, 0.05) is 12.5 Å². The maximum atomic E-state index is 12.5. The zero-order valence-electron chi connectivity index (χ0n) is 16.8. The average Bonchev–Trinajstić information content (AvgIpc) is 3.10. The highest BCUT2D eigenvalue weighted by molar-refractivity contribution is 9.10. The van der Waals surface area contributed by atoms with Crippen LogP contribution in [0.1, 0.15) is 25.0 Å². The maximum absolute atomic E-state index is 12.5. The highest BCUT2D eigenvalue weighted by Gasteiger charge is 2.25. The molecular weight excluding hydrogens is 462 g/mol. The summed E-state index contributed by atoms with van der Waals surface area (Å²) in [5.74, 6) is -0.0831. The number of halogens is 1. The summed E-state index contributed by atoms with van der Waals surface area (Å²) in [5.41, 5.74) is 1.55. The van der Waals surface area contributed by atoms with Crippen LogP contribution in [0.3, 0.4) is 0 Å². The van der Waals surface area contributed by atoms with Gasteiger partial charge in [0.1, 0.15) is 0 Å². The van der Waals surface area contributed by atoms with Gasteiger partial charge in [0.05, 0.1) is 11.1 Å². The first-order valence-corrected chi connectivity index (χ1v) is 10.4. The Hall–Kier alpha value is -3.45. The molecule has 0 fully saturated rings. The van der Waals surface area contributed by atoms with Gasteiger partial charge in [-0.05, 0) is 63.5 Å². The van der Waals surface area contributed by atoms with Crippen LogP contribution in [0.25, 0.3) is 16.8 Å². The first-order chi connectivity index (χ1) is 15.0. The van der Waals surface area contributed by atoms with E-state index >= 15 is 0 Å². The van der Waals surface area contributed by atoms with Gasteiger partial charge in [0.25, 0.3) is 0 Å². The number of hydrogen-bond donors (Lipinski definition) is 0. The van der Waals surface area contributed by atoms with Crippen molar-refractivity contribution in [3.8, 4) is 11.5 Å². The summed E-state index contributed by atoms with van der Waals surface area (Å²) in [7, 11) is 0. The Kier molecular flexibility index (Phi) is 5.86. The standard InChI is InChI=1S/C24H18BrNO5/c1-3-29-21-13-15(11-19(25)22(21)30-14(2)27)12-20-24(28)31-23(26-20)18-10-6-8-16-7-4-5-9-17(16)18/h4-13H,3H2,1-2H3/b20-12+. The minimum atomic E-state index is -0.541. The van der Waals surface area contributed by atoms with E-state index in [1.807, 2.05) is 49.4 Å². The summed E-state index contributed by atoms with van der Waals surface area (Å²) >= 11 is 3.40. The molecule has 7 heteroatoms. The number of ether oxygens (including phenoxy) is 3. The molecule has 3 aromatic carbocycles. The lowest BCUT2D eigenvalue weighted by atomic mass is 10.0. The van der Waals surface area contributed by atoms with E-state index in [1.54, 1.807) is 18.2 Å². The average molecular weight is 480 g/mol. The monoisotopic (exact) mass is 479 g/mol. The van der Waals surface area contributed by atoms with E-state index in [2.05, 4.69) is 20.9 Å². The number of nitrogens with zero attached hydrogens (tertiary/aromatic N) is 1. The number of esters is 2. The van der Waals surface area contributed by atoms with E-state index in [0.29, 0.717) is 22.4 Å². The van der Waals surface area contributed by atoms with Gasteiger partial charge in [-0.25, -0.2) is 9.79 Å².